The maximum Gasteiger partial charge on any atom is 0.0887 e. The van der Waals surface area contributed by atoms with Crippen molar-refractivity contribution in [1.82, 2.24) is 0 Å². The van der Waals surface area contributed by atoms with Gasteiger partial charge in [0.25, 0.3) is 0 Å². The minimum Gasteiger partial charge on any atom is -0.309 e. The van der Waals surface area contributed by atoms with Crippen LogP contribution in [0.5, 0.6) is 0 Å². The number of aryl methyl sites for hydroxylation is 1. The first-order chi connectivity index (χ1) is 21.3. The predicted octanol–water partition coefficient (Wildman–Crippen LogP) is 11.8. The van der Waals surface area contributed by atoms with Crippen LogP contribution >= 0.6 is 11.6 Å². The van der Waals surface area contributed by atoms with Crippen LogP contribution < -0.4 is 9.80 Å². The topological polar surface area (TPSA) is 6.48 Å². The lowest BCUT2D eigenvalue weighted by Gasteiger charge is -2.31. The zero-order valence-corrected chi connectivity index (χ0v) is 24.8. The summed E-state index contributed by atoms with van der Waals surface area (Å²) < 4.78 is 0. The van der Waals surface area contributed by atoms with Crippen molar-refractivity contribution in [2.24, 2.45) is 0 Å². The molecule has 43 heavy (non-hydrogen) atoms. The summed E-state index contributed by atoms with van der Waals surface area (Å²) in [6.07, 6.45) is 4.89. The Bertz CT molecular complexity index is 1780. The average molecular weight is 577 g/mol. The highest BCUT2D eigenvalue weighted by Crippen LogP contribution is 2.46. The van der Waals surface area contributed by atoms with Crippen LogP contribution in [-0.2, 0) is 12.8 Å². The van der Waals surface area contributed by atoms with Gasteiger partial charge in [0.15, 0.2) is 0 Å². The Kier molecular flexibility index (Phi) is 7.69. The summed E-state index contributed by atoms with van der Waals surface area (Å²) in [5, 5.41) is 0.681. The van der Waals surface area contributed by atoms with Crippen molar-refractivity contribution in [3.63, 3.8) is 0 Å². The molecule has 6 aromatic carbocycles. The number of halogens is 1. The summed E-state index contributed by atoms with van der Waals surface area (Å²) in [6, 6.07) is 53.3. The first-order valence-electron chi connectivity index (χ1n) is 15.0. The van der Waals surface area contributed by atoms with Gasteiger partial charge in [0.1, 0.15) is 0 Å². The fourth-order valence-electron chi connectivity index (χ4n) is 6.28. The van der Waals surface area contributed by atoms with Crippen LogP contribution in [0.15, 0.2) is 152 Å². The summed E-state index contributed by atoms with van der Waals surface area (Å²) in [5.74, 6) is 0. The highest BCUT2D eigenvalue weighted by molar-refractivity contribution is 6.36. The van der Waals surface area contributed by atoms with Crippen LogP contribution in [0.2, 0.25) is 5.02 Å². The molecule has 0 aromatic heterocycles. The molecule has 0 fully saturated rings. The molecule has 210 valence electrons. The number of benzene rings is 6. The number of anilines is 6. The lowest BCUT2D eigenvalue weighted by Crippen LogP contribution is -2.14. The van der Waals surface area contributed by atoms with Gasteiger partial charge in [-0.15, -0.1) is 0 Å². The van der Waals surface area contributed by atoms with E-state index in [1.807, 2.05) is 18.2 Å². The van der Waals surface area contributed by atoms with E-state index in [1.54, 1.807) is 0 Å². The lowest BCUT2D eigenvalue weighted by molar-refractivity contribution is 0.687. The molecule has 2 nitrogen and oxygen atoms in total. The fourth-order valence-corrected chi connectivity index (χ4v) is 6.58. The molecule has 0 saturated carbocycles. The Morgan fingerprint density at radius 1 is 0.419 bits per heavy atom. The first-order valence-corrected chi connectivity index (χ1v) is 15.4. The largest absolute Gasteiger partial charge is 0.309 e. The Morgan fingerprint density at radius 3 is 1.42 bits per heavy atom. The molecule has 6 aromatic rings. The number of hydrogen-bond donors (Lipinski definition) is 0. The molecule has 7 rings (SSSR count). The van der Waals surface area contributed by atoms with Crippen molar-refractivity contribution in [2.75, 3.05) is 9.80 Å². The van der Waals surface area contributed by atoms with Crippen molar-refractivity contribution in [3.05, 3.63) is 168 Å². The van der Waals surface area contributed by atoms with Gasteiger partial charge in [0, 0.05) is 22.7 Å². The van der Waals surface area contributed by atoms with Gasteiger partial charge in [-0.1, -0.05) is 103 Å². The molecule has 3 heteroatoms. The van der Waals surface area contributed by atoms with Crippen molar-refractivity contribution in [2.45, 2.75) is 25.7 Å². The van der Waals surface area contributed by atoms with Crippen LogP contribution in [0.25, 0.3) is 11.1 Å². The molecule has 0 atom stereocenters. The summed E-state index contributed by atoms with van der Waals surface area (Å²) >= 11 is 7.42. The van der Waals surface area contributed by atoms with E-state index in [-0.39, 0.29) is 0 Å². The smallest absolute Gasteiger partial charge is 0.0887 e. The van der Waals surface area contributed by atoms with E-state index in [4.69, 9.17) is 11.6 Å². The quantitative estimate of drug-likeness (QED) is 0.186. The molecule has 1 aliphatic rings. The molecule has 0 bridgehead atoms. The Balaban J connectivity index is 1.34. The molecule has 0 saturated heterocycles. The molecule has 0 N–H and O–H groups in total. The minimum atomic E-state index is 0.681. The summed E-state index contributed by atoms with van der Waals surface area (Å²) in [6.45, 7) is 0. The number of para-hydroxylation sites is 3. The van der Waals surface area contributed by atoms with Gasteiger partial charge in [-0.2, -0.15) is 0 Å². The number of hydrogen-bond acceptors (Lipinski definition) is 2. The van der Waals surface area contributed by atoms with Crippen molar-refractivity contribution >= 4 is 45.7 Å². The second-order valence-electron chi connectivity index (χ2n) is 11.0. The van der Waals surface area contributed by atoms with Crippen LogP contribution in [0.1, 0.15) is 24.0 Å². The number of rotatable bonds is 7. The normalized spacial score (nSPS) is 12.4. The molecule has 1 aliphatic carbocycles. The summed E-state index contributed by atoms with van der Waals surface area (Å²) in [7, 11) is 0. The van der Waals surface area contributed by atoms with Crippen molar-refractivity contribution < 1.29 is 0 Å². The highest BCUT2D eigenvalue weighted by atomic mass is 35.5. The Labute approximate surface area is 259 Å². The monoisotopic (exact) mass is 576 g/mol. The first kappa shape index (κ1) is 27.1. The van der Waals surface area contributed by atoms with Gasteiger partial charge in [-0.05, 0) is 109 Å². The van der Waals surface area contributed by atoms with Crippen molar-refractivity contribution in [3.8, 4) is 11.1 Å². The Hall–Kier alpha value is -4.79. The fraction of sp³-hybridized carbons (Fsp3) is 0.100. The van der Waals surface area contributed by atoms with Gasteiger partial charge < -0.3 is 9.80 Å². The van der Waals surface area contributed by atoms with Crippen LogP contribution in [0.3, 0.4) is 0 Å². The summed E-state index contributed by atoms with van der Waals surface area (Å²) in [4.78, 5) is 4.47. The second-order valence-corrected chi connectivity index (χ2v) is 11.4. The zero-order valence-electron chi connectivity index (χ0n) is 24.0. The lowest BCUT2D eigenvalue weighted by atomic mass is 9.86. The van der Waals surface area contributed by atoms with Crippen LogP contribution in [-0.4, -0.2) is 0 Å². The van der Waals surface area contributed by atoms with E-state index >= 15 is 0 Å². The van der Waals surface area contributed by atoms with E-state index < -0.39 is 0 Å². The van der Waals surface area contributed by atoms with E-state index in [0.717, 1.165) is 40.5 Å². The third kappa shape index (κ3) is 5.43. The van der Waals surface area contributed by atoms with Crippen LogP contribution in [0.4, 0.5) is 34.1 Å². The third-order valence-electron chi connectivity index (χ3n) is 8.32. The Morgan fingerprint density at radius 2 is 0.884 bits per heavy atom. The van der Waals surface area contributed by atoms with Gasteiger partial charge >= 0.3 is 0 Å². The van der Waals surface area contributed by atoms with Crippen molar-refractivity contribution in [1.29, 1.82) is 0 Å². The molecular weight excluding hydrogens is 544 g/mol. The van der Waals surface area contributed by atoms with E-state index in [0.29, 0.717) is 5.02 Å². The van der Waals surface area contributed by atoms with Gasteiger partial charge in [0.2, 0.25) is 0 Å². The SMILES string of the molecule is Clc1c(N(c2ccccc2)c2ccccc2)cccc1N(c1ccccc1)c1ccc(-c2cccc3c2CCCC3)cc1. The average Bonchev–Trinajstić information content (AvgIpc) is 3.08. The van der Waals surface area contributed by atoms with Crippen LogP contribution in [0, 0.1) is 0 Å². The predicted molar refractivity (Wildman–Crippen MR) is 183 cm³/mol. The number of nitrogens with zero attached hydrogens (tertiary/aromatic N) is 2. The third-order valence-corrected chi connectivity index (χ3v) is 8.70. The summed E-state index contributed by atoms with van der Waals surface area (Å²) in [5.41, 5.74) is 11.7. The maximum absolute atomic E-state index is 7.42. The molecule has 0 aliphatic heterocycles. The van der Waals surface area contributed by atoms with Gasteiger partial charge in [-0.3, -0.25) is 0 Å². The number of fused-ring (bicyclic) bond motifs is 1. The molecule has 0 spiro atoms. The molecule has 0 radical (unpaired) electrons. The van der Waals surface area contributed by atoms with E-state index in [1.165, 1.54) is 41.5 Å². The molecular formula is C40H33ClN2. The zero-order chi connectivity index (χ0) is 29.0. The maximum atomic E-state index is 7.42. The molecule has 0 amide bonds. The molecule has 0 heterocycles. The second kappa shape index (κ2) is 12.2. The molecule has 0 unspecified atom stereocenters. The van der Waals surface area contributed by atoms with Gasteiger partial charge in [-0.25, -0.2) is 0 Å². The van der Waals surface area contributed by atoms with Gasteiger partial charge in [0.05, 0.1) is 16.4 Å². The highest BCUT2D eigenvalue weighted by Gasteiger charge is 2.22. The standard InChI is InChI=1S/C40H33ClN2/c41-40-38(42(32-16-4-1-5-17-32)33-18-6-2-7-19-33)24-13-25-39(40)43(34-20-8-3-9-21-34)35-28-26-31(27-29-35)37-23-12-15-30-14-10-11-22-36(30)37/h1-9,12-13,15-21,23-29H,10-11,14,22H2. The van der Waals surface area contributed by atoms with E-state index in [9.17, 15) is 0 Å². The minimum absolute atomic E-state index is 0.681. The van der Waals surface area contributed by atoms with E-state index in [2.05, 4.69) is 143 Å².